The number of hydrogen-bond acceptors (Lipinski definition) is 4. The fourth-order valence-electron chi connectivity index (χ4n) is 3.18. The van der Waals surface area contributed by atoms with E-state index in [0.29, 0.717) is 12.5 Å². The van der Waals surface area contributed by atoms with Gasteiger partial charge in [0.1, 0.15) is 5.75 Å². The fourth-order valence-corrected chi connectivity index (χ4v) is 3.18. The minimum atomic E-state index is 0. The molecule has 0 spiro atoms. The summed E-state index contributed by atoms with van der Waals surface area (Å²) in [7, 11) is 3.49. The molecule has 0 radical (unpaired) electrons. The van der Waals surface area contributed by atoms with Gasteiger partial charge in [0, 0.05) is 39.8 Å². The molecule has 2 N–H and O–H groups in total. The summed E-state index contributed by atoms with van der Waals surface area (Å²) in [5.74, 6) is 2.38. The summed E-state index contributed by atoms with van der Waals surface area (Å²) < 4.78 is 11.3. The molecule has 1 aliphatic rings. The van der Waals surface area contributed by atoms with E-state index in [9.17, 15) is 0 Å². The second-order valence-electron chi connectivity index (χ2n) is 7.26. The molecule has 1 aromatic carbocycles. The molecule has 1 atom stereocenters. The number of benzene rings is 1. The molecule has 6 nitrogen and oxygen atoms in total. The fraction of sp³-hybridized carbons (Fsp3) is 0.650. The average molecular weight is 490 g/mol. The normalized spacial score (nSPS) is 18.1. The van der Waals surface area contributed by atoms with Crippen molar-refractivity contribution in [1.29, 1.82) is 0 Å². The lowest BCUT2D eigenvalue weighted by Crippen LogP contribution is -2.50. The van der Waals surface area contributed by atoms with Gasteiger partial charge in [-0.05, 0) is 30.0 Å². The van der Waals surface area contributed by atoms with Crippen LogP contribution in [0, 0.1) is 12.8 Å². The molecule has 154 valence electrons. The summed E-state index contributed by atoms with van der Waals surface area (Å²) in [4.78, 5) is 6.79. The van der Waals surface area contributed by atoms with E-state index in [1.165, 1.54) is 0 Å². The predicted molar refractivity (Wildman–Crippen MR) is 122 cm³/mol. The number of nitrogens with one attached hydrogen (secondary N) is 2. The minimum Gasteiger partial charge on any atom is -0.496 e. The average Bonchev–Trinajstić information content (AvgIpc) is 2.62. The molecule has 0 aliphatic carbocycles. The van der Waals surface area contributed by atoms with E-state index in [1.807, 2.05) is 6.92 Å². The number of morpholine rings is 1. The van der Waals surface area contributed by atoms with E-state index in [-0.39, 0.29) is 30.1 Å². The molecule has 0 saturated carbocycles. The highest BCUT2D eigenvalue weighted by Crippen LogP contribution is 2.18. The first kappa shape index (κ1) is 24.0. The van der Waals surface area contributed by atoms with Crippen LogP contribution in [-0.4, -0.2) is 63.9 Å². The third-order valence-electron chi connectivity index (χ3n) is 4.50. The molecule has 0 amide bonds. The predicted octanol–water partition coefficient (Wildman–Crippen LogP) is 2.64. The van der Waals surface area contributed by atoms with Gasteiger partial charge in [-0.25, -0.2) is 0 Å². The Kier molecular flexibility index (Phi) is 11.0. The summed E-state index contributed by atoms with van der Waals surface area (Å²) >= 11 is 0. The SMILES string of the molecule is CN=C(NCc1ccc(C)c(OC)c1)NCC1CN(CC(C)C)CCO1.I. The number of ether oxygens (including phenoxy) is 2. The number of aryl methyl sites for hydroxylation is 1. The van der Waals surface area contributed by atoms with E-state index < -0.39 is 0 Å². The summed E-state index contributed by atoms with van der Waals surface area (Å²) in [6, 6.07) is 6.24. The van der Waals surface area contributed by atoms with Gasteiger partial charge in [-0.1, -0.05) is 26.0 Å². The van der Waals surface area contributed by atoms with Crippen molar-refractivity contribution in [3.05, 3.63) is 29.3 Å². The monoisotopic (exact) mass is 490 g/mol. The maximum Gasteiger partial charge on any atom is 0.191 e. The Labute approximate surface area is 181 Å². The smallest absolute Gasteiger partial charge is 0.191 e. The summed E-state index contributed by atoms with van der Waals surface area (Å²) in [6.07, 6.45) is 0.195. The van der Waals surface area contributed by atoms with Crippen molar-refractivity contribution in [3.63, 3.8) is 0 Å². The first-order valence-electron chi connectivity index (χ1n) is 9.43. The molecule has 1 aromatic rings. The Hall–Kier alpha value is -1.06. The highest BCUT2D eigenvalue weighted by molar-refractivity contribution is 14.0. The van der Waals surface area contributed by atoms with Crippen molar-refractivity contribution in [2.75, 3.05) is 46.9 Å². The number of hydrogen-bond donors (Lipinski definition) is 2. The van der Waals surface area contributed by atoms with E-state index in [1.54, 1.807) is 14.2 Å². The topological polar surface area (TPSA) is 58.1 Å². The molecule has 1 heterocycles. The highest BCUT2D eigenvalue weighted by Gasteiger charge is 2.21. The van der Waals surface area contributed by atoms with Crippen LogP contribution in [0.1, 0.15) is 25.0 Å². The number of guanidine groups is 1. The molecule has 7 heteroatoms. The van der Waals surface area contributed by atoms with Crippen LogP contribution in [0.4, 0.5) is 0 Å². The lowest BCUT2D eigenvalue weighted by molar-refractivity contribution is -0.0284. The Balaban J connectivity index is 0.00000364. The van der Waals surface area contributed by atoms with Crippen LogP contribution >= 0.6 is 24.0 Å². The van der Waals surface area contributed by atoms with E-state index in [2.05, 4.69) is 52.6 Å². The van der Waals surface area contributed by atoms with Gasteiger partial charge in [-0.2, -0.15) is 0 Å². The van der Waals surface area contributed by atoms with Crippen LogP contribution in [0.3, 0.4) is 0 Å². The van der Waals surface area contributed by atoms with Crippen LogP contribution in [0.25, 0.3) is 0 Å². The molecular weight excluding hydrogens is 455 g/mol. The van der Waals surface area contributed by atoms with Gasteiger partial charge in [-0.3, -0.25) is 9.89 Å². The summed E-state index contributed by atoms with van der Waals surface area (Å²) in [6.45, 7) is 11.9. The van der Waals surface area contributed by atoms with Crippen molar-refractivity contribution in [2.24, 2.45) is 10.9 Å². The van der Waals surface area contributed by atoms with Crippen LogP contribution in [0.2, 0.25) is 0 Å². The lowest BCUT2D eigenvalue weighted by atomic mass is 10.1. The van der Waals surface area contributed by atoms with Gasteiger partial charge >= 0.3 is 0 Å². The number of nitrogens with zero attached hydrogens (tertiary/aromatic N) is 2. The Morgan fingerprint density at radius 2 is 2.15 bits per heavy atom. The third-order valence-corrected chi connectivity index (χ3v) is 4.50. The third kappa shape index (κ3) is 8.23. The first-order chi connectivity index (χ1) is 12.5. The van der Waals surface area contributed by atoms with Crippen molar-refractivity contribution >= 4 is 29.9 Å². The van der Waals surface area contributed by atoms with Crippen molar-refractivity contribution in [1.82, 2.24) is 15.5 Å². The van der Waals surface area contributed by atoms with Gasteiger partial charge in [0.15, 0.2) is 5.96 Å². The molecule has 27 heavy (non-hydrogen) atoms. The first-order valence-corrected chi connectivity index (χ1v) is 9.43. The molecule has 0 aromatic heterocycles. The van der Waals surface area contributed by atoms with Gasteiger partial charge < -0.3 is 20.1 Å². The Bertz CT molecular complexity index is 595. The van der Waals surface area contributed by atoms with Crippen molar-refractivity contribution in [3.8, 4) is 5.75 Å². The zero-order valence-corrected chi connectivity index (χ0v) is 19.6. The van der Waals surface area contributed by atoms with Gasteiger partial charge in [0.2, 0.25) is 0 Å². The van der Waals surface area contributed by atoms with Crippen LogP contribution in [0.5, 0.6) is 5.75 Å². The van der Waals surface area contributed by atoms with Crippen LogP contribution in [-0.2, 0) is 11.3 Å². The molecule has 0 bridgehead atoms. The maximum absolute atomic E-state index is 5.89. The number of aliphatic imine (C=N–C) groups is 1. The summed E-state index contributed by atoms with van der Waals surface area (Å²) in [5.41, 5.74) is 2.30. The quantitative estimate of drug-likeness (QED) is 0.350. The molecule has 1 aliphatic heterocycles. The number of halogens is 1. The van der Waals surface area contributed by atoms with Crippen molar-refractivity contribution in [2.45, 2.75) is 33.4 Å². The second kappa shape index (κ2) is 12.4. The number of rotatable bonds is 7. The molecule has 1 fully saturated rings. The molecule has 1 unspecified atom stereocenters. The second-order valence-corrected chi connectivity index (χ2v) is 7.26. The van der Waals surface area contributed by atoms with E-state index >= 15 is 0 Å². The van der Waals surface area contributed by atoms with Gasteiger partial charge in [-0.15, -0.1) is 24.0 Å². The molecular formula is C20H35IN4O2. The van der Waals surface area contributed by atoms with Crippen molar-refractivity contribution < 1.29 is 9.47 Å². The zero-order chi connectivity index (χ0) is 18.9. The maximum atomic E-state index is 5.89. The van der Waals surface area contributed by atoms with Crippen LogP contribution in [0.15, 0.2) is 23.2 Å². The minimum absolute atomic E-state index is 0. The van der Waals surface area contributed by atoms with Crippen LogP contribution < -0.4 is 15.4 Å². The number of methoxy groups -OCH3 is 1. The van der Waals surface area contributed by atoms with Gasteiger partial charge in [0.05, 0.1) is 19.8 Å². The lowest BCUT2D eigenvalue weighted by Gasteiger charge is -2.34. The van der Waals surface area contributed by atoms with Gasteiger partial charge in [0.25, 0.3) is 0 Å². The Morgan fingerprint density at radius 1 is 1.37 bits per heavy atom. The van der Waals surface area contributed by atoms with E-state index in [4.69, 9.17) is 9.47 Å². The highest BCUT2D eigenvalue weighted by atomic mass is 127. The molecule has 1 saturated heterocycles. The standard InChI is InChI=1S/C20H34N4O2.HI/c1-15(2)13-24-8-9-26-18(14-24)12-23-20(21-4)22-11-17-7-6-16(3)19(10-17)25-5;/h6-7,10,15,18H,8-9,11-14H2,1-5H3,(H2,21,22,23);1H. The van der Waals surface area contributed by atoms with E-state index in [0.717, 1.165) is 55.6 Å². The zero-order valence-electron chi connectivity index (χ0n) is 17.2. The largest absolute Gasteiger partial charge is 0.496 e. The summed E-state index contributed by atoms with van der Waals surface area (Å²) in [5, 5.41) is 6.73. The Morgan fingerprint density at radius 3 is 2.81 bits per heavy atom. The molecule has 2 rings (SSSR count).